The van der Waals surface area contributed by atoms with Gasteiger partial charge < -0.3 is 14.8 Å². The lowest BCUT2D eigenvalue weighted by atomic mass is 10.1. The number of carbonyl (C=O) groups is 1. The molecule has 0 radical (unpaired) electrons. The maximum Gasteiger partial charge on any atom is 0.276 e. The number of amides is 1. The molecule has 0 bridgehead atoms. The highest BCUT2D eigenvalue weighted by atomic mass is 19.1. The van der Waals surface area contributed by atoms with E-state index in [1.807, 2.05) is 0 Å². The van der Waals surface area contributed by atoms with Crippen LogP contribution >= 0.6 is 0 Å². The first-order valence-corrected chi connectivity index (χ1v) is 8.10. The van der Waals surface area contributed by atoms with Crippen LogP contribution in [0.2, 0.25) is 0 Å². The molecule has 0 fully saturated rings. The molecule has 2 aromatic carbocycles. The molecule has 0 saturated carbocycles. The third kappa shape index (κ3) is 3.59. The van der Waals surface area contributed by atoms with Crippen LogP contribution in [-0.4, -0.2) is 29.9 Å². The van der Waals surface area contributed by atoms with Gasteiger partial charge in [0.1, 0.15) is 5.82 Å². The zero-order valence-electron chi connectivity index (χ0n) is 15.1. The van der Waals surface area contributed by atoms with Crippen molar-refractivity contribution >= 4 is 16.8 Å². The second-order valence-corrected chi connectivity index (χ2v) is 5.83. The molecule has 7 nitrogen and oxygen atoms in total. The summed E-state index contributed by atoms with van der Waals surface area (Å²) < 4.78 is 25.3. The summed E-state index contributed by atoms with van der Waals surface area (Å²) in [5.41, 5.74) is 0.283. The quantitative estimate of drug-likeness (QED) is 0.742. The summed E-state index contributed by atoms with van der Waals surface area (Å²) in [7, 11) is 4.64. The Kier molecular flexibility index (Phi) is 5.07. The van der Waals surface area contributed by atoms with Crippen LogP contribution in [-0.2, 0) is 13.6 Å². The molecule has 1 amide bonds. The summed E-state index contributed by atoms with van der Waals surface area (Å²) >= 11 is 0. The number of halogens is 1. The first-order valence-electron chi connectivity index (χ1n) is 8.10. The molecule has 0 spiro atoms. The van der Waals surface area contributed by atoms with Gasteiger partial charge in [-0.15, -0.1) is 0 Å². The van der Waals surface area contributed by atoms with Gasteiger partial charge in [0, 0.05) is 13.6 Å². The van der Waals surface area contributed by atoms with Gasteiger partial charge in [-0.1, -0.05) is 6.07 Å². The summed E-state index contributed by atoms with van der Waals surface area (Å²) in [6, 6.07) is 8.99. The fourth-order valence-corrected chi connectivity index (χ4v) is 2.75. The number of aromatic nitrogens is 2. The molecule has 3 rings (SSSR count). The van der Waals surface area contributed by atoms with Gasteiger partial charge in [-0.05, 0) is 35.9 Å². The zero-order chi connectivity index (χ0) is 19.6. The SMILES string of the molecule is COc1ccc(CNC(=O)c2nn(C)c3ccc(F)cc3c2=O)cc1OC. The Morgan fingerprint density at radius 3 is 2.59 bits per heavy atom. The van der Waals surface area contributed by atoms with Gasteiger partial charge in [0.05, 0.1) is 25.1 Å². The van der Waals surface area contributed by atoms with Crippen molar-refractivity contribution in [2.45, 2.75) is 6.54 Å². The lowest BCUT2D eigenvalue weighted by Crippen LogP contribution is -2.31. The van der Waals surface area contributed by atoms with E-state index in [2.05, 4.69) is 10.4 Å². The van der Waals surface area contributed by atoms with Crippen LogP contribution in [0.25, 0.3) is 10.9 Å². The first kappa shape index (κ1) is 18.4. The van der Waals surface area contributed by atoms with Crippen molar-refractivity contribution in [1.82, 2.24) is 15.1 Å². The predicted molar refractivity (Wildman–Crippen MR) is 97.7 cm³/mol. The predicted octanol–water partition coefficient (Wildman–Crippen LogP) is 2.02. The third-order valence-electron chi connectivity index (χ3n) is 4.13. The minimum atomic E-state index is -0.642. The molecule has 0 aliphatic heterocycles. The third-order valence-corrected chi connectivity index (χ3v) is 4.13. The highest BCUT2D eigenvalue weighted by molar-refractivity contribution is 5.95. The van der Waals surface area contributed by atoms with E-state index >= 15 is 0 Å². The van der Waals surface area contributed by atoms with E-state index in [1.165, 1.54) is 31.0 Å². The molecule has 0 aliphatic rings. The Labute approximate surface area is 154 Å². The number of aryl methyl sites for hydroxylation is 1. The van der Waals surface area contributed by atoms with Gasteiger partial charge in [0.25, 0.3) is 5.91 Å². The van der Waals surface area contributed by atoms with Gasteiger partial charge in [0.15, 0.2) is 17.2 Å². The average Bonchev–Trinajstić information content (AvgIpc) is 2.68. The smallest absolute Gasteiger partial charge is 0.276 e. The van der Waals surface area contributed by atoms with E-state index in [4.69, 9.17) is 9.47 Å². The van der Waals surface area contributed by atoms with E-state index in [1.54, 1.807) is 25.2 Å². The Balaban J connectivity index is 1.87. The van der Waals surface area contributed by atoms with Gasteiger partial charge in [0.2, 0.25) is 5.43 Å². The molecule has 0 atom stereocenters. The normalized spacial score (nSPS) is 10.7. The lowest BCUT2D eigenvalue weighted by molar-refractivity contribution is 0.0943. The van der Waals surface area contributed by atoms with E-state index < -0.39 is 17.2 Å². The van der Waals surface area contributed by atoms with Crippen molar-refractivity contribution in [1.29, 1.82) is 0 Å². The van der Waals surface area contributed by atoms with Crippen LogP contribution in [0.15, 0.2) is 41.2 Å². The number of hydrogen-bond acceptors (Lipinski definition) is 5. The van der Waals surface area contributed by atoms with Gasteiger partial charge in [-0.2, -0.15) is 5.10 Å². The van der Waals surface area contributed by atoms with Gasteiger partial charge in [-0.3, -0.25) is 14.3 Å². The monoisotopic (exact) mass is 371 g/mol. The van der Waals surface area contributed by atoms with Gasteiger partial charge in [-0.25, -0.2) is 4.39 Å². The van der Waals surface area contributed by atoms with Crippen LogP contribution in [0.5, 0.6) is 11.5 Å². The van der Waals surface area contributed by atoms with Crippen LogP contribution in [0.4, 0.5) is 4.39 Å². The first-order chi connectivity index (χ1) is 12.9. The number of fused-ring (bicyclic) bond motifs is 1. The van der Waals surface area contributed by atoms with E-state index in [-0.39, 0.29) is 17.6 Å². The topological polar surface area (TPSA) is 82.5 Å². The highest BCUT2D eigenvalue weighted by Gasteiger charge is 2.17. The summed E-state index contributed by atoms with van der Waals surface area (Å²) in [6.45, 7) is 0.158. The van der Waals surface area contributed by atoms with Crippen LogP contribution in [0.3, 0.4) is 0 Å². The number of benzene rings is 2. The molecule has 140 valence electrons. The van der Waals surface area contributed by atoms with E-state index in [0.717, 1.165) is 11.6 Å². The van der Waals surface area contributed by atoms with Crippen molar-refractivity contribution < 1.29 is 18.7 Å². The van der Waals surface area contributed by atoms with Crippen molar-refractivity contribution in [3.63, 3.8) is 0 Å². The van der Waals surface area contributed by atoms with Crippen LogP contribution < -0.4 is 20.2 Å². The molecule has 0 unspecified atom stereocenters. The second kappa shape index (κ2) is 7.45. The minimum Gasteiger partial charge on any atom is -0.493 e. The molecule has 1 heterocycles. The van der Waals surface area contributed by atoms with E-state index in [9.17, 15) is 14.0 Å². The average molecular weight is 371 g/mol. The van der Waals surface area contributed by atoms with Crippen molar-refractivity contribution in [3.05, 3.63) is 63.7 Å². The summed E-state index contributed by atoms with van der Waals surface area (Å²) in [6.07, 6.45) is 0. The lowest BCUT2D eigenvalue weighted by Gasteiger charge is -2.11. The number of methoxy groups -OCH3 is 2. The summed E-state index contributed by atoms with van der Waals surface area (Å²) in [5, 5.41) is 6.78. The standard InChI is InChI=1S/C19H18FN3O4/c1-23-14-6-5-12(20)9-13(14)18(24)17(22-23)19(25)21-10-11-4-7-15(26-2)16(8-11)27-3/h4-9H,10H2,1-3H3,(H,21,25). The van der Waals surface area contributed by atoms with Crippen molar-refractivity contribution in [3.8, 4) is 11.5 Å². The Bertz CT molecular complexity index is 1080. The molecule has 1 N–H and O–H groups in total. The molecule has 1 aromatic heterocycles. The number of nitrogens with zero attached hydrogens (tertiary/aromatic N) is 2. The largest absolute Gasteiger partial charge is 0.493 e. The Morgan fingerprint density at radius 2 is 1.89 bits per heavy atom. The maximum absolute atomic E-state index is 13.5. The summed E-state index contributed by atoms with van der Waals surface area (Å²) in [5.74, 6) is -0.0989. The molecule has 3 aromatic rings. The highest BCUT2D eigenvalue weighted by Crippen LogP contribution is 2.27. The number of rotatable bonds is 5. The minimum absolute atomic E-state index is 0.101. The number of nitrogens with one attached hydrogen (secondary N) is 1. The molecule has 0 saturated heterocycles. The zero-order valence-corrected chi connectivity index (χ0v) is 15.1. The number of carbonyl (C=O) groups excluding carboxylic acids is 1. The van der Waals surface area contributed by atoms with Crippen molar-refractivity contribution in [2.75, 3.05) is 14.2 Å². The summed E-state index contributed by atoms with van der Waals surface area (Å²) in [4.78, 5) is 25.0. The fourth-order valence-electron chi connectivity index (χ4n) is 2.75. The Hall–Kier alpha value is -3.42. The molecule has 27 heavy (non-hydrogen) atoms. The molecular formula is C19H18FN3O4. The molecule has 8 heteroatoms. The van der Waals surface area contributed by atoms with Crippen LogP contribution in [0.1, 0.15) is 16.1 Å². The van der Waals surface area contributed by atoms with Crippen molar-refractivity contribution in [2.24, 2.45) is 7.05 Å². The maximum atomic E-state index is 13.5. The Morgan fingerprint density at radius 1 is 1.15 bits per heavy atom. The van der Waals surface area contributed by atoms with Gasteiger partial charge >= 0.3 is 0 Å². The van der Waals surface area contributed by atoms with Crippen LogP contribution in [0, 0.1) is 5.82 Å². The van der Waals surface area contributed by atoms with E-state index in [0.29, 0.717) is 17.0 Å². The second-order valence-electron chi connectivity index (χ2n) is 5.83. The number of ether oxygens (including phenoxy) is 2. The number of hydrogen-bond donors (Lipinski definition) is 1. The molecular weight excluding hydrogens is 353 g/mol. The fraction of sp³-hybridized carbons (Fsp3) is 0.211. The molecule has 0 aliphatic carbocycles.